The second-order valence-electron chi connectivity index (χ2n) is 16.1. The summed E-state index contributed by atoms with van der Waals surface area (Å²) in [5.41, 5.74) is 11.2. The van der Waals surface area contributed by atoms with Crippen molar-refractivity contribution in [2.75, 3.05) is 0 Å². The Morgan fingerprint density at radius 2 is 1.11 bits per heavy atom. The molecule has 0 bridgehead atoms. The van der Waals surface area contributed by atoms with E-state index in [1.165, 1.54) is 94.0 Å². The summed E-state index contributed by atoms with van der Waals surface area (Å²) in [6.45, 7) is 18.9. The summed E-state index contributed by atoms with van der Waals surface area (Å²) in [5, 5.41) is 10.5. The fourth-order valence-corrected chi connectivity index (χ4v) is 8.07. The van der Waals surface area contributed by atoms with Crippen LogP contribution < -0.4 is 0 Å². The minimum absolute atomic E-state index is 0.0734. The summed E-state index contributed by atoms with van der Waals surface area (Å²) in [7, 11) is 0. The predicted molar refractivity (Wildman–Crippen MR) is 247 cm³/mol. The van der Waals surface area contributed by atoms with Crippen LogP contribution in [-0.4, -0.2) is 6.21 Å². The lowest BCUT2D eigenvalue weighted by Crippen LogP contribution is -2.10. The molecule has 1 heterocycles. The number of nitrogens with zero attached hydrogens (tertiary/aromatic N) is 1. The molecule has 0 saturated heterocycles. The molecule has 1 aliphatic carbocycles. The maximum Gasteiger partial charge on any atom is 0.0661 e. The van der Waals surface area contributed by atoms with Crippen LogP contribution in [0.25, 0.3) is 82.2 Å². The molecule has 0 spiro atoms. The van der Waals surface area contributed by atoms with Gasteiger partial charge in [0.1, 0.15) is 0 Å². The molecular formula is C55H49N. The molecule has 1 nitrogen and oxygen atoms in total. The van der Waals surface area contributed by atoms with E-state index in [9.17, 15) is 0 Å². The Morgan fingerprint density at radius 3 is 1.75 bits per heavy atom. The van der Waals surface area contributed by atoms with Crippen molar-refractivity contribution in [1.29, 1.82) is 0 Å². The highest BCUT2D eigenvalue weighted by atomic mass is 14.8. The van der Waals surface area contributed by atoms with E-state index in [0.29, 0.717) is 11.8 Å². The smallest absolute Gasteiger partial charge is 0.0661 e. The van der Waals surface area contributed by atoms with Crippen molar-refractivity contribution in [2.45, 2.75) is 39.5 Å². The van der Waals surface area contributed by atoms with Gasteiger partial charge in [0.05, 0.1) is 5.70 Å². The van der Waals surface area contributed by atoms with Crippen LogP contribution in [0.4, 0.5) is 0 Å². The Bertz CT molecular complexity index is 2800. The maximum atomic E-state index is 4.79. The number of rotatable bonds is 5. The Morgan fingerprint density at radius 1 is 0.536 bits per heavy atom. The SMILES string of the molecule is C=CC.C=CC=C.CC(C)(C)c1cc2ccc3c(-c4ccc(C5=CC6CC6C=N5)cc4)cc(-c4cccc(-c5ccc6ccccc6c5)c4)c4ccc(c1)c2c34. The van der Waals surface area contributed by atoms with E-state index < -0.39 is 0 Å². The van der Waals surface area contributed by atoms with Crippen molar-refractivity contribution in [1.82, 2.24) is 0 Å². The minimum Gasteiger partial charge on any atom is -0.261 e. The fourth-order valence-electron chi connectivity index (χ4n) is 8.07. The minimum atomic E-state index is 0.0734. The van der Waals surface area contributed by atoms with Crippen LogP contribution in [0.15, 0.2) is 182 Å². The summed E-state index contributed by atoms with van der Waals surface area (Å²) in [6, 6.07) is 50.3. The molecule has 2 atom stereocenters. The van der Waals surface area contributed by atoms with Gasteiger partial charge in [0.25, 0.3) is 0 Å². The lowest BCUT2D eigenvalue weighted by Gasteiger charge is -2.23. The number of aliphatic imine (C=N–C) groups is 1. The summed E-state index contributed by atoms with van der Waals surface area (Å²) >= 11 is 0. The van der Waals surface area contributed by atoms with Gasteiger partial charge in [-0.25, -0.2) is 0 Å². The predicted octanol–water partition coefficient (Wildman–Crippen LogP) is 15.6. The zero-order chi connectivity index (χ0) is 39.0. The van der Waals surface area contributed by atoms with Crippen molar-refractivity contribution in [3.05, 3.63) is 189 Å². The molecule has 274 valence electrons. The Hall–Kier alpha value is -6.31. The third-order valence-electron chi connectivity index (χ3n) is 11.2. The first-order valence-electron chi connectivity index (χ1n) is 19.7. The van der Waals surface area contributed by atoms with Gasteiger partial charge in [-0.2, -0.15) is 0 Å². The molecule has 0 amide bonds. The van der Waals surface area contributed by atoms with E-state index >= 15 is 0 Å². The highest BCUT2D eigenvalue weighted by Crippen LogP contribution is 2.46. The van der Waals surface area contributed by atoms with Crippen molar-refractivity contribution < 1.29 is 0 Å². The van der Waals surface area contributed by atoms with Crippen molar-refractivity contribution in [2.24, 2.45) is 16.8 Å². The normalized spacial score (nSPS) is 15.7. The van der Waals surface area contributed by atoms with Crippen LogP contribution in [0.3, 0.4) is 0 Å². The molecule has 1 aliphatic heterocycles. The zero-order valence-corrected chi connectivity index (χ0v) is 33.0. The van der Waals surface area contributed by atoms with Gasteiger partial charge in [-0.1, -0.05) is 173 Å². The number of fused-ring (bicyclic) bond motifs is 2. The molecule has 2 unspecified atom stereocenters. The van der Waals surface area contributed by atoms with Gasteiger partial charge >= 0.3 is 0 Å². The van der Waals surface area contributed by atoms with E-state index in [1.54, 1.807) is 18.2 Å². The lowest BCUT2D eigenvalue weighted by atomic mass is 9.81. The summed E-state index contributed by atoms with van der Waals surface area (Å²) in [5.74, 6) is 1.34. The first kappa shape index (κ1) is 36.7. The molecule has 2 aliphatic rings. The largest absolute Gasteiger partial charge is 0.261 e. The Balaban J connectivity index is 0.000000587. The maximum absolute atomic E-state index is 4.79. The van der Waals surface area contributed by atoms with Crippen LogP contribution in [0, 0.1) is 11.8 Å². The average Bonchev–Trinajstić information content (AvgIpc) is 4.02. The molecule has 0 N–H and O–H groups in total. The van der Waals surface area contributed by atoms with E-state index in [1.807, 2.05) is 6.92 Å². The van der Waals surface area contributed by atoms with E-state index in [-0.39, 0.29) is 5.41 Å². The highest BCUT2D eigenvalue weighted by Gasteiger charge is 2.36. The lowest BCUT2D eigenvalue weighted by molar-refractivity contribution is 0.591. The standard InChI is InChI=1S/C48H37N.C4H6.C3H6/c1-48(2,3)40-24-36-17-19-41-43(30-12-14-31(15-13-30)45-26-38-23-39(38)28-49-45)27-44(42-20-18-37(25-40)46(36)47(41)42)35-10-6-9-33(22-35)34-16-11-29-7-4-5-8-32(29)21-34;1-3-4-2;1-3-2/h4-22,24-28,38-39H,23H2,1-3H3;3-4H,1-2H2;3H,1H2,2H3. The van der Waals surface area contributed by atoms with Gasteiger partial charge in [-0.15, -0.1) is 6.58 Å². The van der Waals surface area contributed by atoms with Gasteiger partial charge < -0.3 is 0 Å². The summed E-state index contributed by atoms with van der Waals surface area (Å²) in [6.07, 6.45) is 10.8. The first-order valence-corrected chi connectivity index (χ1v) is 19.7. The van der Waals surface area contributed by atoms with Crippen molar-refractivity contribution in [3.63, 3.8) is 0 Å². The van der Waals surface area contributed by atoms with Crippen LogP contribution >= 0.6 is 0 Å². The third kappa shape index (κ3) is 7.02. The molecule has 8 aromatic carbocycles. The van der Waals surface area contributed by atoms with E-state index in [0.717, 1.165) is 5.70 Å². The molecule has 1 heteroatoms. The van der Waals surface area contributed by atoms with Gasteiger partial charge in [0.2, 0.25) is 0 Å². The Labute approximate surface area is 332 Å². The molecule has 1 saturated carbocycles. The van der Waals surface area contributed by atoms with Crippen LogP contribution in [0.5, 0.6) is 0 Å². The molecule has 1 fully saturated rings. The molecule has 56 heavy (non-hydrogen) atoms. The van der Waals surface area contributed by atoms with Crippen LogP contribution in [0.1, 0.15) is 45.2 Å². The first-order chi connectivity index (χ1) is 27.2. The number of hydrogen-bond acceptors (Lipinski definition) is 1. The monoisotopic (exact) mass is 723 g/mol. The molecule has 10 rings (SSSR count). The second kappa shape index (κ2) is 15.1. The molecule has 0 radical (unpaired) electrons. The summed E-state index contributed by atoms with van der Waals surface area (Å²) < 4.78 is 0. The number of hydrogen-bond donors (Lipinski definition) is 0. The molecule has 0 aromatic heterocycles. The second-order valence-corrected chi connectivity index (χ2v) is 16.1. The summed E-state index contributed by atoms with van der Waals surface area (Å²) in [4.78, 5) is 4.79. The van der Waals surface area contributed by atoms with Crippen molar-refractivity contribution >= 4 is 55.0 Å². The van der Waals surface area contributed by atoms with E-state index in [4.69, 9.17) is 4.99 Å². The van der Waals surface area contributed by atoms with Gasteiger partial charge in [-0.05, 0) is 130 Å². The highest BCUT2D eigenvalue weighted by molar-refractivity contribution is 6.28. The number of allylic oxidation sites excluding steroid dienone is 4. The van der Waals surface area contributed by atoms with Gasteiger partial charge in [0, 0.05) is 12.1 Å². The van der Waals surface area contributed by atoms with E-state index in [2.05, 4.69) is 186 Å². The average molecular weight is 724 g/mol. The van der Waals surface area contributed by atoms with Crippen LogP contribution in [-0.2, 0) is 5.41 Å². The number of benzene rings is 8. The third-order valence-corrected chi connectivity index (χ3v) is 11.2. The Kier molecular flexibility index (Phi) is 9.87. The van der Waals surface area contributed by atoms with Crippen molar-refractivity contribution in [3.8, 4) is 33.4 Å². The quantitative estimate of drug-likeness (QED) is 0.0952. The molecule has 8 aromatic rings. The van der Waals surface area contributed by atoms with Crippen LogP contribution in [0.2, 0.25) is 0 Å². The topological polar surface area (TPSA) is 12.4 Å². The van der Waals surface area contributed by atoms with Gasteiger partial charge in [0.15, 0.2) is 0 Å². The fraction of sp³-hybridized carbons (Fsp3) is 0.145. The van der Waals surface area contributed by atoms with Gasteiger partial charge in [-0.3, -0.25) is 4.99 Å². The molecular weight excluding hydrogens is 675 g/mol. The zero-order valence-electron chi connectivity index (χ0n) is 33.0.